The highest BCUT2D eigenvalue weighted by molar-refractivity contribution is 7.09. The molecule has 6 heteroatoms. The predicted octanol–water partition coefficient (Wildman–Crippen LogP) is 5.96. The first-order chi connectivity index (χ1) is 15.7. The van der Waals surface area contributed by atoms with Crippen molar-refractivity contribution in [1.29, 1.82) is 0 Å². The molecule has 1 aliphatic rings. The number of thiazole rings is 1. The van der Waals surface area contributed by atoms with Gasteiger partial charge in [0.25, 0.3) is 5.91 Å². The molecule has 1 fully saturated rings. The van der Waals surface area contributed by atoms with Crippen LogP contribution in [0.1, 0.15) is 64.9 Å². The van der Waals surface area contributed by atoms with Gasteiger partial charge in [-0.2, -0.15) is 0 Å². The number of hydrogen-bond acceptors (Lipinski definition) is 5. The van der Waals surface area contributed by atoms with E-state index in [1.165, 1.54) is 17.8 Å². The second-order valence-electron chi connectivity index (χ2n) is 8.02. The highest BCUT2D eigenvalue weighted by atomic mass is 32.1. The van der Waals surface area contributed by atoms with Gasteiger partial charge in [-0.15, -0.1) is 11.3 Å². The summed E-state index contributed by atoms with van der Waals surface area (Å²) < 4.78 is 5.05. The molecule has 0 atom stereocenters. The zero-order valence-electron chi connectivity index (χ0n) is 18.3. The zero-order valence-corrected chi connectivity index (χ0v) is 19.1. The lowest BCUT2D eigenvalue weighted by atomic mass is 9.93. The van der Waals surface area contributed by atoms with E-state index >= 15 is 0 Å². The second kappa shape index (κ2) is 10.6. The van der Waals surface area contributed by atoms with Crippen molar-refractivity contribution >= 4 is 23.2 Å². The average Bonchev–Trinajstić information content (AvgIpc) is 3.32. The predicted molar refractivity (Wildman–Crippen MR) is 127 cm³/mol. The van der Waals surface area contributed by atoms with Crippen LogP contribution < -0.4 is 0 Å². The molecule has 0 saturated heterocycles. The van der Waals surface area contributed by atoms with Gasteiger partial charge in [0.1, 0.15) is 5.01 Å². The monoisotopic (exact) mass is 448 g/mol. The standard InChI is InChI=1S/C26H28N2O3S/c1-2-31-26(30)23-18-32-24(27-23)17-28(22-11-7-4-8-12-22)25(29)21-15-13-20(14-16-21)19-9-5-3-6-10-19/h3,5-6,9-10,13-16,18,22H,2,4,7-8,11-12,17H2,1H3. The second-order valence-corrected chi connectivity index (χ2v) is 8.96. The summed E-state index contributed by atoms with van der Waals surface area (Å²) in [6, 6.07) is 18.2. The summed E-state index contributed by atoms with van der Waals surface area (Å²) in [4.78, 5) is 31.9. The molecule has 32 heavy (non-hydrogen) atoms. The van der Waals surface area contributed by atoms with Crippen LogP contribution >= 0.6 is 11.3 Å². The minimum atomic E-state index is -0.415. The Morgan fingerprint density at radius 1 is 1.00 bits per heavy atom. The lowest BCUT2D eigenvalue weighted by molar-refractivity contribution is 0.0520. The fourth-order valence-electron chi connectivity index (χ4n) is 4.19. The first-order valence-corrected chi connectivity index (χ1v) is 12.1. The molecule has 1 amide bonds. The maximum Gasteiger partial charge on any atom is 0.357 e. The summed E-state index contributed by atoms with van der Waals surface area (Å²) in [6.07, 6.45) is 5.49. The molecule has 3 aromatic rings. The van der Waals surface area contributed by atoms with Crippen LogP contribution in [-0.2, 0) is 11.3 Å². The van der Waals surface area contributed by atoms with E-state index in [9.17, 15) is 9.59 Å². The molecule has 2 aromatic carbocycles. The van der Waals surface area contributed by atoms with Crippen LogP contribution in [0.25, 0.3) is 11.1 Å². The van der Waals surface area contributed by atoms with E-state index in [0.717, 1.165) is 41.8 Å². The van der Waals surface area contributed by atoms with Crippen LogP contribution in [0.2, 0.25) is 0 Å². The first kappa shape index (κ1) is 22.2. The van der Waals surface area contributed by atoms with Crippen LogP contribution in [0.15, 0.2) is 60.0 Å². The van der Waals surface area contributed by atoms with Crippen LogP contribution in [0.5, 0.6) is 0 Å². The Morgan fingerprint density at radius 2 is 1.69 bits per heavy atom. The number of carbonyl (C=O) groups is 2. The van der Waals surface area contributed by atoms with Gasteiger partial charge in [-0.25, -0.2) is 9.78 Å². The van der Waals surface area contributed by atoms with E-state index in [2.05, 4.69) is 17.1 Å². The number of esters is 1. The summed E-state index contributed by atoms with van der Waals surface area (Å²) in [7, 11) is 0. The summed E-state index contributed by atoms with van der Waals surface area (Å²) in [6.45, 7) is 2.50. The van der Waals surface area contributed by atoms with Crippen molar-refractivity contribution in [2.24, 2.45) is 0 Å². The van der Waals surface area contributed by atoms with Gasteiger partial charge >= 0.3 is 5.97 Å². The third kappa shape index (κ3) is 5.25. The Kier molecular flexibility index (Phi) is 7.32. The molecule has 0 radical (unpaired) electrons. The molecule has 0 N–H and O–H groups in total. The lowest BCUT2D eigenvalue weighted by Crippen LogP contribution is -2.41. The van der Waals surface area contributed by atoms with Gasteiger partial charge < -0.3 is 9.64 Å². The normalized spacial score (nSPS) is 14.2. The fourth-order valence-corrected chi connectivity index (χ4v) is 4.95. The van der Waals surface area contributed by atoms with Gasteiger partial charge in [-0.3, -0.25) is 4.79 Å². The van der Waals surface area contributed by atoms with Gasteiger partial charge in [0.2, 0.25) is 0 Å². The Balaban J connectivity index is 1.55. The first-order valence-electron chi connectivity index (χ1n) is 11.2. The number of ether oxygens (including phenoxy) is 1. The minimum absolute atomic E-state index is 0.0180. The van der Waals surface area contributed by atoms with Crippen molar-refractivity contribution in [2.45, 2.75) is 51.6 Å². The van der Waals surface area contributed by atoms with Gasteiger partial charge in [0.15, 0.2) is 5.69 Å². The highest BCUT2D eigenvalue weighted by Gasteiger charge is 2.27. The third-order valence-electron chi connectivity index (χ3n) is 5.86. The largest absolute Gasteiger partial charge is 0.461 e. The quantitative estimate of drug-likeness (QED) is 0.418. The van der Waals surface area contributed by atoms with E-state index in [1.54, 1.807) is 12.3 Å². The van der Waals surface area contributed by atoms with Crippen LogP contribution in [0, 0.1) is 0 Å². The summed E-state index contributed by atoms with van der Waals surface area (Å²) >= 11 is 1.40. The van der Waals surface area contributed by atoms with Crippen LogP contribution in [0.3, 0.4) is 0 Å². The van der Waals surface area contributed by atoms with Crippen molar-refractivity contribution in [3.8, 4) is 11.1 Å². The van der Waals surface area contributed by atoms with Gasteiger partial charge in [-0.1, -0.05) is 61.7 Å². The minimum Gasteiger partial charge on any atom is -0.461 e. The van der Waals surface area contributed by atoms with E-state index in [-0.39, 0.29) is 11.9 Å². The Hall–Kier alpha value is -2.99. The zero-order chi connectivity index (χ0) is 22.3. The molecular formula is C26H28N2O3S. The molecule has 0 bridgehead atoms. The van der Waals surface area contributed by atoms with Gasteiger partial charge in [0, 0.05) is 17.0 Å². The smallest absolute Gasteiger partial charge is 0.357 e. The molecule has 1 aromatic heterocycles. The molecule has 166 valence electrons. The summed E-state index contributed by atoms with van der Waals surface area (Å²) in [5, 5.41) is 2.47. The summed E-state index contributed by atoms with van der Waals surface area (Å²) in [5.74, 6) is -0.397. The number of hydrogen-bond donors (Lipinski definition) is 0. The van der Waals surface area contributed by atoms with Crippen molar-refractivity contribution in [3.05, 3.63) is 76.2 Å². The number of carbonyl (C=O) groups excluding carboxylic acids is 2. The maximum absolute atomic E-state index is 13.6. The molecule has 0 spiro atoms. The van der Waals surface area contributed by atoms with E-state index in [1.807, 2.05) is 47.4 Å². The maximum atomic E-state index is 13.6. The van der Waals surface area contributed by atoms with Crippen LogP contribution in [-0.4, -0.2) is 34.4 Å². The average molecular weight is 449 g/mol. The Bertz CT molecular complexity index is 1040. The molecule has 4 rings (SSSR count). The molecule has 1 saturated carbocycles. The van der Waals surface area contributed by atoms with Crippen molar-refractivity contribution < 1.29 is 14.3 Å². The topological polar surface area (TPSA) is 59.5 Å². The molecule has 5 nitrogen and oxygen atoms in total. The summed E-state index contributed by atoms with van der Waals surface area (Å²) in [5.41, 5.74) is 3.21. The van der Waals surface area contributed by atoms with Crippen molar-refractivity contribution in [1.82, 2.24) is 9.88 Å². The van der Waals surface area contributed by atoms with Crippen molar-refractivity contribution in [2.75, 3.05) is 6.61 Å². The highest BCUT2D eigenvalue weighted by Crippen LogP contribution is 2.27. The Morgan fingerprint density at radius 3 is 2.38 bits per heavy atom. The number of nitrogens with zero attached hydrogens (tertiary/aromatic N) is 2. The van der Waals surface area contributed by atoms with Gasteiger partial charge in [-0.05, 0) is 43.0 Å². The number of aromatic nitrogens is 1. The third-order valence-corrected chi connectivity index (χ3v) is 6.69. The SMILES string of the molecule is CCOC(=O)c1csc(CN(C(=O)c2ccc(-c3ccccc3)cc2)C2CCCCC2)n1. The number of amides is 1. The van der Waals surface area contributed by atoms with E-state index < -0.39 is 5.97 Å². The Labute approximate surface area is 193 Å². The number of benzene rings is 2. The molecule has 1 aliphatic carbocycles. The van der Waals surface area contributed by atoms with E-state index in [4.69, 9.17) is 4.74 Å². The lowest BCUT2D eigenvalue weighted by Gasteiger charge is -2.34. The van der Waals surface area contributed by atoms with Gasteiger partial charge in [0.05, 0.1) is 13.2 Å². The van der Waals surface area contributed by atoms with Crippen LogP contribution in [0.4, 0.5) is 0 Å². The molecule has 0 aliphatic heterocycles. The number of rotatable bonds is 7. The molecular weight excluding hydrogens is 420 g/mol. The van der Waals surface area contributed by atoms with Crippen molar-refractivity contribution in [3.63, 3.8) is 0 Å². The fraction of sp³-hybridized carbons (Fsp3) is 0.346. The van der Waals surface area contributed by atoms with E-state index in [0.29, 0.717) is 24.4 Å². The molecule has 0 unspecified atom stereocenters. The molecule has 1 heterocycles.